The predicted molar refractivity (Wildman–Crippen MR) is 104 cm³/mol. The van der Waals surface area contributed by atoms with Gasteiger partial charge in [0.25, 0.3) is 5.91 Å². The Morgan fingerprint density at radius 3 is 2.75 bits per heavy atom. The minimum atomic E-state index is -0.231. The summed E-state index contributed by atoms with van der Waals surface area (Å²) in [7, 11) is 0. The molecule has 8 heteroatoms. The van der Waals surface area contributed by atoms with E-state index in [-0.39, 0.29) is 11.9 Å². The first-order valence-electron chi connectivity index (χ1n) is 8.97. The normalized spacial score (nSPS) is 14.2. The van der Waals surface area contributed by atoms with Crippen molar-refractivity contribution in [1.29, 1.82) is 0 Å². The number of hydrogen-bond acceptors (Lipinski definition) is 5. The predicted octanol–water partition coefficient (Wildman–Crippen LogP) is 3.57. The number of rotatable bonds is 4. The van der Waals surface area contributed by atoms with Gasteiger partial charge in [0.2, 0.25) is 0 Å². The molecule has 7 nitrogen and oxygen atoms in total. The zero-order valence-electron chi connectivity index (χ0n) is 15.3. The highest BCUT2D eigenvalue weighted by molar-refractivity contribution is 6.32. The Labute approximate surface area is 167 Å². The Hall–Kier alpha value is -3.06. The van der Waals surface area contributed by atoms with Gasteiger partial charge in [-0.25, -0.2) is 9.67 Å². The van der Waals surface area contributed by atoms with Crippen LogP contribution in [0, 0.1) is 0 Å². The number of halogens is 1. The molecule has 0 spiro atoms. The first-order chi connectivity index (χ1) is 13.6. The second-order valence-electron chi connectivity index (χ2n) is 6.46. The van der Waals surface area contributed by atoms with E-state index in [1.54, 1.807) is 23.1 Å². The number of benzene rings is 2. The SMILES string of the molecule is C[C@@H](NC(=O)c1cc(Cl)c2c(c1)OCCCO2)c1ccc(-n2cncn2)cc1. The smallest absolute Gasteiger partial charge is 0.251 e. The van der Waals surface area contributed by atoms with E-state index in [1.165, 1.54) is 6.33 Å². The van der Waals surface area contributed by atoms with Gasteiger partial charge in [-0.15, -0.1) is 0 Å². The average Bonchev–Trinajstić information content (AvgIpc) is 3.13. The zero-order valence-corrected chi connectivity index (χ0v) is 16.0. The highest BCUT2D eigenvalue weighted by Crippen LogP contribution is 2.38. The number of hydrogen-bond donors (Lipinski definition) is 1. The summed E-state index contributed by atoms with van der Waals surface area (Å²) in [5.41, 5.74) is 2.30. The third-order valence-corrected chi connectivity index (χ3v) is 4.77. The van der Waals surface area contributed by atoms with Crippen LogP contribution in [0.5, 0.6) is 11.5 Å². The van der Waals surface area contributed by atoms with Gasteiger partial charge in [0.1, 0.15) is 12.7 Å². The number of nitrogens with one attached hydrogen (secondary N) is 1. The van der Waals surface area contributed by atoms with Gasteiger partial charge in [-0.2, -0.15) is 5.10 Å². The van der Waals surface area contributed by atoms with E-state index < -0.39 is 0 Å². The molecule has 2 heterocycles. The van der Waals surface area contributed by atoms with Gasteiger partial charge >= 0.3 is 0 Å². The first kappa shape index (κ1) is 18.3. The number of amides is 1. The molecule has 4 rings (SSSR count). The second-order valence-corrected chi connectivity index (χ2v) is 6.87. The number of aromatic nitrogens is 3. The molecule has 144 valence electrons. The molecule has 28 heavy (non-hydrogen) atoms. The fourth-order valence-corrected chi connectivity index (χ4v) is 3.25. The monoisotopic (exact) mass is 398 g/mol. The fourth-order valence-electron chi connectivity index (χ4n) is 2.98. The van der Waals surface area contributed by atoms with Crippen LogP contribution < -0.4 is 14.8 Å². The van der Waals surface area contributed by atoms with E-state index >= 15 is 0 Å². The van der Waals surface area contributed by atoms with E-state index in [0.29, 0.717) is 35.3 Å². The molecule has 0 fully saturated rings. The van der Waals surface area contributed by atoms with Gasteiger partial charge in [-0.05, 0) is 36.8 Å². The number of ether oxygens (including phenoxy) is 2. The van der Waals surface area contributed by atoms with Gasteiger partial charge in [0, 0.05) is 12.0 Å². The lowest BCUT2D eigenvalue weighted by Gasteiger charge is -2.16. The van der Waals surface area contributed by atoms with Gasteiger partial charge in [-0.1, -0.05) is 23.7 Å². The molecule has 1 N–H and O–H groups in total. The molecular formula is C20H19ClN4O3. The number of carbonyl (C=O) groups is 1. The molecule has 1 amide bonds. The first-order valence-corrected chi connectivity index (χ1v) is 9.34. The summed E-state index contributed by atoms with van der Waals surface area (Å²) >= 11 is 6.29. The number of fused-ring (bicyclic) bond motifs is 1. The molecule has 1 aliphatic rings. The van der Waals surface area contributed by atoms with E-state index in [4.69, 9.17) is 21.1 Å². The van der Waals surface area contributed by atoms with Crippen molar-refractivity contribution in [2.75, 3.05) is 13.2 Å². The largest absolute Gasteiger partial charge is 0.489 e. The van der Waals surface area contributed by atoms with Crippen LogP contribution in [0.4, 0.5) is 0 Å². The summed E-state index contributed by atoms with van der Waals surface area (Å²) in [4.78, 5) is 16.7. The molecule has 0 saturated heterocycles. The molecule has 0 bridgehead atoms. The van der Waals surface area contributed by atoms with Crippen molar-refractivity contribution in [2.45, 2.75) is 19.4 Å². The minimum absolute atomic E-state index is 0.188. The van der Waals surface area contributed by atoms with Gasteiger partial charge in [0.15, 0.2) is 11.5 Å². The summed E-state index contributed by atoms with van der Waals surface area (Å²) in [6, 6.07) is 10.8. The summed E-state index contributed by atoms with van der Waals surface area (Å²) in [5, 5.41) is 7.46. The molecule has 1 aromatic heterocycles. The fraction of sp³-hybridized carbons (Fsp3) is 0.250. The number of nitrogens with zero attached hydrogens (tertiary/aromatic N) is 3. The maximum Gasteiger partial charge on any atom is 0.251 e. The van der Waals surface area contributed by atoms with Crippen molar-refractivity contribution >= 4 is 17.5 Å². The maximum absolute atomic E-state index is 12.7. The Balaban J connectivity index is 1.49. The van der Waals surface area contributed by atoms with Crippen LogP contribution in [-0.4, -0.2) is 33.9 Å². The number of carbonyl (C=O) groups excluding carboxylic acids is 1. The summed E-state index contributed by atoms with van der Waals surface area (Å²) in [6.07, 6.45) is 3.89. The molecule has 0 aliphatic carbocycles. The topological polar surface area (TPSA) is 78.3 Å². The standard InChI is InChI=1S/C20H19ClN4O3/c1-13(14-3-5-16(6-4-14)25-12-22-11-23-25)24-20(26)15-9-17(21)19-18(10-15)27-7-2-8-28-19/h3-6,9-13H,2,7-8H2,1H3,(H,24,26)/t13-/m1/s1. The van der Waals surface area contributed by atoms with Crippen LogP contribution in [0.1, 0.15) is 35.3 Å². The van der Waals surface area contributed by atoms with Crippen molar-refractivity contribution < 1.29 is 14.3 Å². The van der Waals surface area contributed by atoms with Crippen LogP contribution in [0.3, 0.4) is 0 Å². The molecule has 0 radical (unpaired) electrons. The Kier molecular flexibility index (Phi) is 5.16. The molecule has 1 atom stereocenters. The van der Waals surface area contributed by atoms with Crippen molar-refractivity contribution in [2.24, 2.45) is 0 Å². The lowest BCUT2D eigenvalue weighted by Crippen LogP contribution is -2.26. The Morgan fingerprint density at radius 1 is 1.21 bits per heavy atom. The molecular weight excluding hydrogens is 380 g/mol. The van der Waals surface area contributed by atoms with Gasteiger partial charge in [-0.3, -0.25) is 4.79 Å². The highest BCUT2D eigenvalue weighted by Gasteiger charge is 2.19. The Bertz CT molecular complexity index is 974. The van der Waals surface area contributed by atoms with Gasteiger partial charge < -0.3 is 14.8 Å². The van der Waals surface area contributed by atoms with E-state index in [0.717, 1.165) is 17.7 Å². The molecule has 2 aromatic carbocycles. The average molecular weight is 399 g/mol. The summed E-state index contributed by atoms with van der Waals surface area (Å²) in [5.74, 6) is 0.762. The summed E-state index contributed by atoms with van der Waals surface area (Å²) in [6.45, 7) is 3.00. The van der Waals surface area contributed by atoms with E-state index in [2.05, 4.69) is 15.4 Å². The second kappa shape index (κ2) is 7.90. The summed E-state index contributed by atoms with van der Waals surface area (Å²) < 4.78 is 12.9. The van der Waals surface area contributed by atoms with E-state index in [1.807, 2.05) is 31.2 Å². The zero-order chi connectivity index (χ0) is 19.5. The third-order valence-electron chi connectivity index (χ3n) is 4.49. The Morgan fingerprint density at radius 2 is 2.00 bits per heavy atom. The van der Waals surface area contributed by atoms with Crippen LogP contribution in [0.2, 0.25) is 5.02 Å². The molecule has 3 aromatic rings. The van der Waals surface area contributed by atoms with E-state index in [9.17, 15) is 4.79 Å². The highest BCUT2D eigenvalue weighted by atomic mass is 35.5. The van der Waals surface area contributed by atoms with Crippen LogP contribution in [-0.2, 0) is 0 Å². The molecule has 0 saturated carbocycles. The molecule has 1 aliphatic heterocycles. The quantitative estimate of drug-likeness (QED) is 0.726. The lowest BCUT2D eigenvalue weighted by atomic mass is 10.1. The van der Waals surface area contributed by atoms with Crippen molar-refractivity contribution in [3.8, 4) is 17.2 Å². The van der Waals surface area contributed by atoms with Crippen LogP contribution in [0.15, 0.2) is 49.1 Å². The van der Waals surface area contributed by atoms with Crippen LogP contribution in [0.25, 0.3) is 5.69 Å². The minimum Gasteiger partial charge on any atom is -0.489 e. The maximum atomic E-state index is 12.7. The molecule has 0 unspecified atom stereocenters. The lowest BCUT2D eigenvalue weighted by molar-refractivity contribution is 0.0939. The third kappa shape index (κ3) is 3.80. The van der Waals surface area contributed by atoms with Crippen LogP contribution >= 0.6 is 11.6 Å². The van der Waals surface area contributed by atoms with Crippen molar-refractivity contribution in [1.82, 2.24) is 20.1 Å². The van der Waals surface area contributed by atoms with Gasteiger partial charge in [0.05, 0.1) is 30.0 Å². The van der Waals surface area contributed by atoms with Crippen molar-refractivity contribution in [3.63, 3.8) is 0 Å². The van der Waals surface area contributed by atoms with Crippen molar-refractivity contribution in [3.05, 3.63) is 65.2 Å².